The summed E-state index contributed by atoms with van der Waals surface area (Å²) in [6.45, 7) is 2.54. The van der Waals surface area contributed by atoms with Crippen LogP contribution in [0.15, 0.2) is 18.2 Å². The van der Waals surface area contributed by atoms with E-state index in [1.165, 1.54) is 36.8 Å². The summed E-state index contributed by atoms with van der Waals surface area (Å²) in [6.07, 6.45) is 7.37. The highest BCUT2D eigenvalue weighted by atomic mass is 16.7. The summed E-state index contributed by atoms with van der Waals surface area (Å²) >= 11 is 0. The summed E-state index contributed by atoms with van der Waals surface area (Å²) in [5.74, 6) is 1.78. The van der Waals surface area contributed by atoms with Gasteiger partial charge in [-0.3, -0.25) is 0 Å². The molecule has 0 aromatic heterocycles. The van der Waals surface area contributed by atoms with Gasteiger partial charge in [0, 0.05) is 7.11 Å². The van der Waals surface area contributed by atoms with E-state index in [-0.39, 0.29) is 12.0 Å². The predicted molar refractivity (Wildman–Crippen MR) is 101 cm³/mol. The van der Waals surface area contributed by atoms with Gasteiger partial charge in [-0.05, 0) is 85.0 Å². The molecule has 1 N–H and O–H groups in total. The molecule has 0 saturated heterocycles. The second-order valence-corrected chi connectivity index (χ2v) is 8.64. The quantitative estimate of drug-likeness (QED) is 0.763. The van der Waals surface area contributed by atoms with Gasteiger partial charge in [0.2, 0.25) is 0 Å². The van der Waals surface area contributed by atoms with Crippen LogP contribution in [0.2, 0.25) is 0 Å². The molecular formula is C22H30O5. The van der Waals surface area contributed by atoms with E-state index in [0.717, 1.165) is 18.8 Å². The van der Waals surface area contributed by atoms with Crippen LogP contribution < -0.4 is 4.74 Å². The Balaban J connectivity index is 1.52. The molecule has 0 bridgehead atoms. The topological polar surface area (TPSA) is 65.0 Å². The van der Waals surface area contributed by atoms with Crippen LogP contribution in [0.4, 0.5) is 0 Å². The molecule has 148 valence electrons. The number of hydrogen-bond acceptors (Lipinski definition) is 4. The number of benzene rings is 1. The number of rotatable bonds is 6. The van der Waals surface area contributed by atoms with Crippen LogP contribution in [-0.2, 0) is 20.7 Å². The lowest BCUT2D eigenvalue weighted by Crippen LogP contribution is -2.44. The van der Waals surface area contributed by atoms with Gasteiger partial charge in [0.1, 0.15) is 12.5 Å². The van der Waals surface area contributed by atoms with Crippen LogP contribution in [0.5, 0.6) is 5.75 Å². The van der Waals surface area contributed by atoms with Gasteiger partial charge in [-0.15, -0.1) is 0 Å². The van der Waals surface area contributed by atoms with Crippen LogP contribution in [0.1, 0.15) is 56.1 Å². The second kappa shape index (κ2) is 7.44. The lowest BCUT2D eigenvalue weighted by Gasteiger charge is -2.50. The number of aryl methyl sites for hydroxylation is 1. The highest BCUT2D eigenvalue weighted by Gasteiger charge is 2.55. The van der Waals surface area contributed by atoms with Crippen LogP contribution in [0, 0.1) is 17.3 Å². The first-order chi connectivity index (χ1) is 13.0. The Kier molecular flexibility index (Phi) is 5.17. The van der Waals surface area contributed by atoms with E-state index in [9.17, 15) is 4.79 Å². The third kappa shape index (κ3) is 3.36. The summed E-state index contributed by atoms with van der Waals surface area (Å²) < 4.78 is 16.6. The van der Waals surface area contributed by atoms with Crippen LogP contribution >= 0.6 is 0 Å². The second-order valence-electron chi connectivity index (χ2n) is 8.64. The first-order valence-corrected chi connectivity index (χ1v) is 10.1. The van der Waals surface area contributed by atoms with Crippen LogP contribution in [-0.4, -0.2) is 37.7 Å². The lowest BCUT2D eigenvalue weighted by atomic mass is 9.55. The van der Waals surface area contributed by atoms with Gasteiger partial charge in [-0.25, -0.2) is 4.79 Å². The van der Waals surface area contributed by atoms with E-state index in [2.05, 4.69) is 19.1 Å². The van der Waals surface area contributed by atoms with Gasteiger partial charge in [0.05, 0.1) is 6.10 Å². The zero-order valence-electron chi connectivity index (χ0n) is 16.3. The molecule has 0 amide bonds. The van der Waals surface area contributed by atoms with Crippen LogP contribution in [0.3, 0.4) is 0 Å². The van der Waals surface area contributed by atoms with Crippen molar-refractivity contribution in [3.63, 3.8) is 0 Å². The third-order valence-corrected chi connectivity index (χ3v) is 7.36. The number of methoxy groups -OCH3 is 1. The number of fused-ring (bicyclic) bond motifs is 5. The Hall–Kier alpha value is -1.59. The number of carbonyl (C=O) groups is 1. The molecule has 5 nitrogen and oxygen atoms in total. The molecule has 0 radical (unpaired) electrons. The fraction of sp³-hybridized carbons (Fsp3) is 0.682. The summed E-state index contributed by atoms with van der Waals surface area (Å²) in [7, 11) is 1.69. The maximum Gasteiger partial charge on any atom is 0.341 e. The minimum Gasteiger partial charge on any atom is -0.482 e. The lowest BCUT2D eigenvalue weighted by molar-refractivity contribution is -0.139. The molecule has 0 spiro atoms. The molecule has 2 fully saturated rings. The molecule has 3 aliphatic carbocycles. The monoisotopic (exact) mass is 374 g/mol. The molecule has 27 heavy (non-hydrogen) atoms. The molecule has 3 aliphatic rings. The van der Waals surface area contributed by atoms with Gasteiger partial charge in [0.25, 0.3) is 0 Å². The fourth-order valence-corrected chi connectivity index (χ4v) is 6.17. The minimum absolute atomic E-state index is 0.266. The summed E-state index contributed by atoms with van der Waals surface area (Å²) in [6, 6.07) is 6.18. The standard InChI is InChI=1S/C22H30O5/c1-22-10-9-17-16-6-4-15(26-12-21(23)24)11-14(16)3-5-18(17)19(22)7-8-20(22)27-13-25-2/h4,6,11,17-20H,3,5,7-10,12-13H2,1-2H3,(H,23,24)/t17-,18-,19+,20?,22+/m1/s1. The predicted octanol–water partition coefficient (Wildman–Crippen LogP) is 4.00. The molecule has 0 aliphatic heterocycles. The van der Waals surface area contributed by atoms with E-state index >= 15 is 0 Å². The largest absolute Gasteiger partial charge is 0.482 e. The zero-order chi connectivity index (χ0) is 19.0. The molecule has 4 rings (SSSR count). The van der Waals surface area contributed by atoms with Crippen molar-refractivity contribution in [3.8, 4) is 5.75 Å². The average Bonchev–Trinajstić information content (AvgIpc) is 3.00. The summed E-state index contributed by atoms with van der Waals surface area (Å²) in [5.41, 5.74) is 3.06. The Morgan fingerprint density at radius 2 is 2.11 bits per heavy atom. The van der Waals surface area contributed by atoms with E-state index in [4.69, 9.17) is 19.3 Å². The van der Waals surface area contributed by atoms with Gasteiger partial charge >= 0.3 is 5.97 Å². The number of carboxylic acids is 1. The van der Waals surface area contributed by atoms with Crippen molar-refractivity contribution < 1.29 is 24.1 Å². The molecule has 0 heterocycles. The van der Waals surface area contributed by atoms with E-state index in [1.807, 2.05) is 6.07 Å². The van der Waals surface area contributed by atoms with Crippen molar-refractivity contribution in [2.75, 3.05) is 20.5 Å². The minimum atomic E-state index is -0.939. The number of carboxylic acid groups (broad SMARTS) is 1. The van der Waals surface area contributed by atoms with Gasteiger partial charge < -0.3 is 19.3 Å². The molecular weight excluding hydrogens is 344 g/mol. The molecule has 2 saturated carbocycles. The highest BCUT2D eigenvalue weighted by molar-refractivity contribution is 5.68. The average molecular weight is 374 g/mol. The summed E-state index contributed by atoms with van der Waals surface area (Å²) in [4.78, 5) is 10.7. The maximum absolute atomic E-state index is 10.7. The van der Waals surface area contributed by atoms with Crippen molar-refractivity contribution in [2.45, 2.75) is 57.5 Å². The van der Waals surface area contributed by atoms with Gasteiger partial charge in [0.15, 0.2) is 6.61 Å². The fourth-order valence-electron chi connectivity index (χ4n) is 6.17. The molecule has 5 atom stereocenters. The molecule has 5 heteroatoms. The van der Waals surface area contributed by atoms with Crippen molar-refractivity contribution >= 4 is 5.97 Å². The first kappa shape index (κ1) is 18.8. The Labute approximate surface area is 161 Å². The Morgan fingerprint density at radius 3 is 2.89 bits per heavy atom. The molecule has 1 unspecified atom stereocenters. The van der Waals surface area contributed by atoms with Crippen molar-refractivity contribution in [3.05, 3.63) is 29.3 Å². The smallest absolute Gasteiger partial charge is 0.341 e. The number of aliphatic carboxylic acids is 1. The molecule has 1 aromatic carbocycles. The van der Waals surface area contributed by atoms with E-state index in [1.54, 1.807) is 7.11 Å². The SMILES string of the molecule is COCOC1CC[C@H]2[C@@H]3CCc4cc(OCC(=O)O)ccc4[C@H]3CC[C@]12C. The van der Waals surface area contributed by atoms with Gasteiger partial charge in [-0.2, -0.15) is 0 Å². The Morgan fingerprint density at radius 1 is 1.26 bits per heavy atom. The third-order valence-electron chi connectivity index (χ3n) is 7.36. The van der Waals surface area contributed by atoms with E-state index < -0.39 is 5.97 Å². The van der Waals surface area contributed by atoms with Crippen molar-refractivity contribution in [1.29, 1.82) is 0 Å². The number of ether oxygens (including phenoxy) is 3. The van der Waals surface area contributed by atoms with Gasteiger partial charge in [-0.1, -0.05) is 13.0 Å². The number of hydrogen-bond donors (Lipinski definition) is 1. The highest BCUT2D eigenvalue weighted by Crippen LogP contribution is 2.61. The van der Waals surface area contributed by atoms with Crippen molar-refractivity contribution in [1.82, 2.24) is 0 Å². The van der Waals surface area contributed by atoms with E-state index in [0.29, 0.717) is 30.5 Å². The van der Waals surface area contributed by atoms with Crippen LogP contribution in [0.25, 0.3) is 0 Å². The van der Waals surface area contributed by atoms with Crippen molar-refractivity contribution in [2.24, 2.45) is 17.3 Å². The first-order valence-electron chi connectivity index (χ1n) is 10.1. The zero-order valence-corrected chi connectivity index (χ0v) is 16.3. The summed E-state index contributed by atoms with van der Waals surface area (Å²) in [5, 5.41) is 8.81. The maximum atomic E-state index is 10.7. The Bertz CT molecular complexity index is 702. The normalized spacial score (nSPS) is 34.4. The molecule has 1 aromatic rings.